The molecule has 0 aliphatic carbocycles. The predicted molar refractivity (Wildman–Crippen MR) is 85.6 cm³/mol. The number of sulfonamides is 1. The van der Waals surface area contributed by atoms with Crippen molar-refractivity contribution in [2.24, 2.45) is 5.14 Å². The van der Waals surface area contributed by atoms with Crippen LogP contribution >= 0.6 is 11.3 Å². The zero-order chi connectivity index (χ0) is 17.0. The van der Waals surface area contributed by atoms with Crippen molar-refractivity contribution in [3.63, 3.8) is 0 Å². The summed E-state index contributed by atoms with van der Waals surface area (Å²) in [5.41, 5.74) is 0.362. The Hall–Kier alpha value is -2.23. The Morgan fingerprint density at radius 1 is 1.22 bits per heavy atom. The first-order chi connectivity index (χ1) is 10.8. The first kappa shape index (κ1) is 17.1. The predicted octanol–water partition coefficient (Wildman–Crippen LogP) is 1.58. The molecule has 0 aliphatic heterocycles. The van der Waals surface area contributed by atoms with Crippen molar-refractivity contribution in [1.82, 2.24) is 0 Å². The third-order valence-corrected chi connectivity index (χ3v) is 4.60. The van der Waals surface area contributed by atoms with E-state index in [0.29, 0.717) is 10.6 Å². The molecule has 3 N–H and O–H groups in total. The Morgan fingerprint density at radius 3 is 2.39 bits per heavy atom. The number of anilines is 1. The van der Waals surface area contributed by atoms with Crippen molar-refractivity contribution in [3.05, 3.63) is 46.7 Å². The number of carbonyl (C=O) groups excluding carboxylic acids is 2. The molecule has 1 amide bonds. The van der Waals surface area contributed by atoms with Gasteiger partial charge in [0.05, 0.1) is 4.90 Å². The zero-order valence-electron chi connectivity index (χ0n) is 12.1. The average Bonchev–Trinajstić information content (AvgIpc) is 3.01. The van der Waals surface area contributed by atoms with E-state index in [1.54, 1.807) is 17.5 Å². The number of benzene rings is 1. The van der Waals surface area contributed by atoms with Crippen molar-refractivity contribution in [2.75, 3.05) is 5.32 Å². The summed E-state index contributed by atoms with van der Waals surface area (Å²) in [6.45, 7) is 1.44. The lowest BCUT2D eigenvalue weighted by molar-refractivity contribution is -0.123. The van der Waals surface area contributed by atoms with Gasteiger partial charge in [0.25, 0.3) is 5.91 Å². The largest absolute Gasteiger partial charge is 0.448 e. The fourth-order valence-electron chi connectivity index (χ4n) is 1.64. The number of esters is 1. The Kier molecular flexibility index (Phi) is 5.14. The lowest BCUT2D eigenvalue weighted by atomic mass is 10.3. The Labute approximate surface area is 137 Å². The molecule has 0 radical (unpaired) electrons. The summed E-state index contributed by atoms with van der Waals surface area (Å²) < 4.78 is 27.3. The highest BCUT2D eigenvalue weighted by Gasteiger charge is 2.19. The zero-order valence-corrected chi connectivity index (χ0v) is 13.7. The van der Waals surface area contributed by atoms with Crippen molar-refractivity contribution in [3.8, 4) is 0 Å². The Bertz CT molecular complexity index is 798. The number of amides is 1. The molecule has 2 aromatic rings. The highest BCUT2D eigenvalue weighted by Crippen LogP contribution is 2.14. The quantitative estimate of drug-likeness (QED) is 0.791. The van der Waals surface area contributed by atoms with Gasteiger partial charge in [-0.3, -0.25) is 4.79 Å². The van der Waals surface area contributed by atoms with Crippen LogP contribution in [0.5, 0.6) is 0 Å². The topological polar surface area (TPSA) is 116 Å². The highest BCUT2D eigenvalue weighted by atomic mass is 32.2. The van der Waals surface area contributed by atoms with Crippen molar-refractivity contribution in [1.29, 1.82) is 0 Å². The maximum Gasteiger partial charge on any atom is 0.349 e. The van der Waals surface area contributed by atoms with E-state index in [1.807, 2.05) is 0 Å². The molecule has 9 heteroatoms. The van der Waals surface area contributed by atoms with E-state index in [0.717, 1.165) is 0 Å². The smallest absolute Gasteiger partial charge is 0.349 e. The van der Waals surface area contributed by atoms with Crippen LogP contribution in [0, 0.1) is 0 Å². The van der Waals surface area contributed by atoms with Crippen molar-refractivity contribution < 1.29 is 22.7 Å². The number of carbonyl (C=O) groups is 2. The highest BCUT2D eigenvalue weighted by molar-refractivity contribution is 7.89. The molecule has 7 nitrogen and oxygen atoms in total. The van der Waals surface area contributed by atoms with Crippen molar-refractivity contribution >= 4 is 38.9 Å². The Balaban J connectivity index is 1.97. The fourth-order valence-corrected chi connectivity index (χ4v) is 2.76. The second kappa shape index (κ2) is 6.90. The molecular weight excluding hydrogens is 340 g/mol. The van der Waals surface area contributed by atoms with Crippen LogP contribution in [0.2, 0.25) is 0 Å². The van der Waals surface area contributed by atoms with E-state index in [2.05, 4.69) is 5.32 Å². The van der Waals surface area contributed by atoms with Crippen molar-refractivity contribution in [2.45, 2.75) is 17.9 Å². The molecule has 0 saturated heterocycles. The molecular formula is C14H14N2O5S2. The minimum Gasteiger partial charge on any atom is -0.448 e. The van der Waals surface area contributed by atoms with Gasteiger partial charge in [0.1, 0.15) is 4.88 Å². The first-order valence-corrected chi connectivity index (χ1v) is 8.88. The summed E-state index contributed by atoms with van der Waals surface area (Å²) in [7, 11) is -3.79. The number of thiophene rings is 1. The number of nitrogens with two attached hydrogens (primary N) is 1. The molecule has 0 saturated carbocycles. The van der Waals surface area contributed by atoms with Crippen LogP contribution < -0.4 is 10.5 Å². The molecule has 1 heterocycles. The number of nitrogens with one attached hydrogen (secondary N) is 1. The van der Waals surface area contributed by atoms with Crippen LogP contribution in [0.4, 0.5) is 5.69 Å². The van der Waals surface area contributed by atoms with E-state index in [-0.39, 0.29) is 4.90 Å². The van der Waals surface area contributed by atoms with Crippen LogP contribution in [0.25, 0.3) is 0 Å². The second-order valence-electron chi connectivity index (χ2n) is 4.58. The molecule has 0 spiro atoms. The van der Waals surface area contributed by atoms with Crippen LogP contribution in [-0.2, 0) is 19.6 Å². The Morgan fingerprint density at radius 2 is 1.87 bits per heavy atom. The summed E-state index contributed by atoms with van der Waals surface area (Å²) in [4.78, 5) is 24.1. The number of hydrogen-bond donors (Lipinski definition) is 2. The number of primary sulfonamides is 1. The third-order valence-electron chi connectivity index (χ3n) is 2.83. The van der Waals surface area contributed by atoms with E-state index in [1.165, 1.54) is 42.5 Å². The maximum atomic E-state index is 12.0. The van der Waals surface area contributed by atoms with Gasteiger partial charge in [-0.05, 0) is 42.6 Å². The second-order valence-corrected chi connectivity index (χ2v) is 7.09. The number of ether oxygens (including phenoxy) is 1. The molecule has 0 aliphatic rings. The van der Waals surface area contributed by atoms with Crippen LogP contribution in [-0.4, -0.2) is 26.4 Å². The normalized spacial score (nSPS) is 12.4. The lowest BCUT2D eigenvalue weighted by Gasteiger charge is -2.13. The minimum absolute atomic E-state index is 0.0623. The summed E-state index contributed by atoms with van der Waals surface area (Å²) in [5.74, 6) is -1.11. The van der Waals surface area contributed by atoms with Gasteiger partial charge < -0.3 is 10.1 Å². The van der Waals surface area contributed by atoms with Crippen LogP contribution in [0.15, 0.2) is 46.7 Å². The summed E-state index contributed by atoms with van der Waals surface area (Å²) >= 11 is 1.22. The van der Waals surface area contributed by atoms with Gasteiger partial charge in [0.15, 0.2) is 6.10 Å². The standard InChI is InChI=1S/C14H14N2O5S2/c1-9(21-14(18)12-3-2-8-22-12)13(17)16-10-4-6-11(7-5-10)23(15,19)20/h2-9H,1H3,(H,16,17)(H2,15,19,20)/t9-/m1/s1. The van der Waals surface area contributed by atoms with Gasteiger partial charge in [0, 0.05) is 5.69 Å². The van der Waals surface area contributed by atoms with Gasteiger partial charge >= 0.3 is 5.97 Å². The molecule has 1 aromatic heterocycles. The molecule has 0 unspecified atom stereocenters. The fraction of sp³-hybridized carbons (Fsp3) is 0.143. The lowest BCUT2D eigenvalue weighted by Crippen LogP contribution is -2.29. The van der Waals surface area contributed by atoms with E-state index >= 15 is 0 Å². The van der Waals surface area contributed by atoms with Gasteiger partial charge in [-0.15, -0.1) is 11.3 Å². The van der Waals surface area contributed by atoms with E-state index < -0.39 is 28.0 Å². The van der Waals surface area contributed by atoms with Gasteiger partial charge in [-0.25, -0.2) is 18.4 Å². The summed E-state index contributed by atoms with van der Waals surface area (Å²) in [6.07, 6.45) is -0.998. The molecule has 23 heavy (non-hydrogen) atoms. The molecule has 122 valence electrons. The van der Waals surface area contributed by atoms with E-state index in [9.17, 15) is 18.0 Å². The third kappa shape index (κ3) is 4.62. The molecule has 1 atom stereocenters. The maximum absolute atomic E-state index is 12.0. The van der Waals surface area contributed by atoms with Crippen LogP contribution in [0.1, 0.15) is 16.6 Å². The molecule has 0 fully saturated rings. The first-order valence-electron chi connectivity index (χ1n) is 6.45. The van der Waals surface area contributed by atoms with Gasteiger partial charge in [-0.2, -0.15) is 0 Å². The SMILES string of the molecule is C[C@@H](OC(=O)c1cccs1)C(=O)Nc1ccc(S(N)(=O)=O)cc1. The molecule has 2 rings (SSSR count). The molecule has 0 bridgehead atoms. The minimum atomic E-state index is -3.79. The van der Waals surface area contributed by atoms with Crippen LogP contribution in [0.3, 0.4) is 0 Å². The average molecular weight is 354 g/mol. The monoisotopic (exact) mass is 354 g/mol. The van der Waals surface area contributed by atoms with Gasteiger partial charge in [0.2, 0.25) is 10.0 Å². The molecule has 1 aromatic carbocycles. The number of rotatable bonds is 5. The van der Waals surface area contributed by atoms with Gasteiger partial charge in [-0.1, -0.05) is 6.07 Å². The van der Waals surface area contributed by atoms with E-state index in [4.69, 9.17) is 9.88 Å². The summed E-state index contributed by atoms with van der Waals surface area (Å²) in [6, 6.07) is 8.64. The number of hydrogen-bond acceptors (Lipinski definition) is 6. The summed E-state index contributed by atoms with van der Waals surface area (Å²) in [5, 5.41) is 9.24.